The van der Waals surface area contributed by atoms with E-state index >= 15 is 0 Å². The number of rotatable bonds is 4. The second-order valence-corrected chi connectivity index (χ2v) is 5.45. The number of ether oxygens (including phenoxy) is 2. The monoisotopic (exact) mass is 267 g/mol. The smallest absolute Gasteiger partial charge is 0.145 e. The van der Waals surface area contributed by atoms with Crippen LogP contribution >= 0.6 is 11.6 Å². The summed E-state index contributed by atoms with van der Waals surface area (Å²) in [7, 11) is 0. The fourth-order valence-corrected chi connectivity index (χ4v) is 2.69. The highest BCUT2D eigenvalue weighted by Gasteiger charge is 2.21. The van der Waals surface area contributed by atoms with Crippen molar-refractivity contribution in [3.05, 3.63) is 28.8 Å². The van der Waals surface area contributed by atoms with Gasteiger partial charge in [-0.1, -0.05) is 17.7 Å². The normalized spacial score (nSPS) is 23.9. The molecule has 3 rings (SSSR count). The van der Waals surface area contributed by atoms with E-state index in [9.17, 15) is 0 Å². The molecule has 0 saturated carbocycles. The molecule has 0 spiro atoms. The molecule has 3 nitrogen and oxygen atoms in total. The van der Waals surface area contributed by atoms with Crippen molar-refractivity contribution in [1.82, 2.24) is 5.32 Å². The molecule has 2 aliphatic rings. The van der Waals surface area contributed by atoms with Crippen LogP contribution in [0.5, 0.6) is 5.75 Å². The molecule has 1 aromatic rings. The van der Waals surface area contributed by atoms with Crippen molar-refractivity contribution in [3.63, 3.8) is 0 Å². The molecule has 0 bridgehead atoms. The van der Waals surface area contributed by atoms with Gasteiger partial charge < -0.3 is 14.8 Å². The lowest BCUT2D eigenvalue weighted by atomic mass is 10.0. The SMILES string of the molecule is Clc1cc(CC2CCCN2)ccc1OC1COC1. The van der Waals surface area contributed by atoms with E-state index in [-0.39, 0.29) is 6.10 Å². The highest BCUT2D eigenvalue weighted by atomic mass is 35.5. The molecule has 1 N–H and O–H groups in total. The molecule has 0 amide bonds. The first kappa shape index (κ1) is 12.3. The molecule has 2 aliphatic heterocycles. The van der Waals surface area contributed by atoms with Crippen LogP contribution in [0.3, 0.4) is 0 Å². The molecule has 18 heavy (non-hydrogen) atoms. The van der Waals surface area contributed by atoms with E-state index in [1.807, 2.05) is 12.1 Å². The summed E-state index contributed by atoms with van der Waals surface area (Å²) in [6, 6.07) is 6.72. The number of nitrogens with one attached hydrogen (secondary N) is 1. The second-order valence-electron chi connectivity index (χ2n) is 5.04. The lowest BCUT2D eigenvalue weighted by molar-refractivity contribution is -0.0796. The zero-order valence-electron chi connectivity index (χ0n) is 10.3. The molecule has 98 valence electrons. The molecule has 2 saturated heterocycles. The van der Waals surface area contributed by atoms with Crippen LogP contribution in [0.15, 0.2) is 18.2 Å². The van der Waals surface area contributed by atoms with Crippen molar-refractivity contribution in [1.29, 1.82) is 0 Å². The highest BCUT2D eigenvalue weighted by Crippen LogP contribution is 2.28. The predicted octanol–water partition coefficient (Wildman–Crippen LogP) is 2.41. The minimum atomic E-state index is 0.171. The minimum absolute atomic E-state index is 0.171. The third kappa shape index (κ3) is 2.79. The van der Waals surface area contributed by atoms with Crippen LogP contribution in [0.4, 0.5) is 0 Å². The van der Waals surface area contributed by atoms with Crippen LogP contribution in [0.1, 0.15) is 18.4 Å². The van der Waals surface area contributed by atoms with Crippen LogP contribution in [-0.2, 0) is 11.2 Å². The molecule has 2 fully saturated rings. The third-order valence-electron chi connectivity index (χ3n) is 3.54. The van der Waals surface area contributed by atoms with E-state index in [2.05, 4.69) is 11.4 Å². The Balaban J connectivity index is 1.63. The largest absolute Gasteiger partial charge is 0.484 e. The minimum Gasteiger partial charge on any atom is -0.484 e. The van der Waals surface area contributed by atoms with Crippen molar-refractivity contribution < 1.29 is 9.47 Å². The zero-order valence-corrected chi connectivity index (χ0v) is 11.1. The van der Waals surface area contributed by atoms with E-state index < -0.39 is 0 Å². The quantitative estimate of drug-likeness (QED) is 0.909. The maximum Gasteiger partial charge on any atom is 0.145 e. The Morgan fingerprint density at radius 2 is 2.28 bits per heavy atom. The molecule has 2 heterocycles. The van der Waals surface area contributed by atoms with E-state index in [4.69, 9.17) is 21.1 Å². The fraction of sp³-hybridized carbons (Fsp3) is 0.571. The van der Waals surface area contributed by atoms with Crippen LogP contribution < -0.4 is 10.1 Å². The van der Waals surface area contributed by atoms with Crippen molar-refractivity contribution in [3.8, 4) is 5.75 Å². The Morgan fingerprint density at radius 3 is 2.89 bits per heavy atom. The topological polar surface area (TPSA) is 30.5 Å². The van der Waals surface area contributed by atoms with Gasteiger partial charge in [0.25, 0.3) is 0 Å². The van der Waals surface area contributed by atoms with Crippen molar-refractivity contribution in [2.24, 2.45) is 0 Å². The first-order valence-electron chi connectivity index (χ1n) is 6.57. The van der Waals surface area contributed by atoms with Crippen LogP contribution in [-0.4, -0.2) is 31.9 Å². The Hall–Kier alpha value is -0.770. The highest BCUT2D eigenvalue weighted by molar-refractivity contribution is 6.32. The fourth-order valence-electron chi connectivity index (χ4n) is 2.44. The van der Waals surface area contributed by atoms with Gasteiger partial charge in [-0.05, 0) is 43.5 Å². The Morgan fingerprint density at radius 1 is 1.39 bits per heavy atom. The van der Waals surface area contributed by atoms with Gasteiger partial charge in [-0.2, -0.15) is 0 Å². The van der Waals surface area contributed by atoms with Gasteiger partial charge in [0, 0.05) is 6.04 Å². The molecule has 0 radical (unpaired) electrons. The molecular formula is C14H18ClNO2. The summed E-state index contributed by atoms with van der Waals surface area (Å²) in [5.74, 6) is 0.771. The van der Waals surface area contributed by atoms with Crippen LogP contribution in [0.2, 0.25) is 5.02 Å². The Kier molecular flexibility index (Phi) is 3.73. The Labute approximate surface area is 112 Å². The third-order valence-corrected chi connectivity index (χ3v) is 3.84. The van der Waals surface area contributed by atoms with Crippen molar-refractivity contribution in [2.75, 3.05) is 19.8 Å². The summed E-state index contributed by atoms with van der Waals surface area (Å²) < 4.78 is 10.8. The number of benzene rings is 1. The molecule has 0 aromatic heterocycles. The zero-order chi connectivity index (χ0) is 12.4. The number of hydrogen-bond donors (Lipinski definition) is 1. The molecule has 4 heteroatoms. The van der Waals surface area contributed by atoms with Gasteiger partial charge in [0.15, 0.2) is 0 Å². The summed E-state index contributed by atoms with van der Waals surface area (Å²) in [5, 5.41) is 4.20. The maximum atomic E-state index is 6.25. The molecule has 0 aliphatic carbocycles. The second kappa shape index (κ2) is 5.47. The van der Waals surface area contributed by atoms with Gasteiger partial charge in [-0.3, -0.25) is 0 Å². The van der Waals surface area contributed by atoms with Gasteiger partial charge in [0.2, 0.25) is 0 Å². The van der Waals surface area contributed by atoms with Crippen molar-refractivity contribution >= 4 is 11.6 Å². The summed E-state index contributed by atoms with van der Waals surface area (Å²) in [4.78, 5) is 0. The van der Waals surface area contributed by atoms with E-state index in [0.29, 0.717) is 24.3 Å². The summed E-state index contributed by atoms with van der Waals surface area (Å²) in [5.41, 5.74) is 1.27. The summed E-state index contributed by atoms with van der Waals surface area (Å²) in [6.07, 6.45) is 3.76. The molecular weight excluding hydrogens is 250 g/mol. The van der Waals surface area contributed by atoms with Crippen LogP contribution in [0, 0.1) is 0 Å². The van der Waals surface area contributed by atoms with Gasteiger partial charge in [-0.15, -0.1) is 0 Å². The first-order chi connectivity index (χ1) is 8.81. The van der Waals surface area contributed by atoms with Gasteiger partial charge in [0.1, 0.15) is 11.9 Å². The molecule has 1 atom stereocenters. The molecule has 1 aromatic carbocycles. The van der Waals surface area contributed by atoms with Gasteiger partial charge in [0.05, 0.1) is 18.2 Å². The Bertz CT molecular complexity index is 414. The van der Waals surface area contributed by atoms with Gasteiger partial charge >= 0.3 is 0 Å². The van der Waals surface area contributed by atoms with Crippen LogP contribution in [0.25, 0.3) is 0 Å². The van der Waals surface area contributed by atoms with Crippen molar-refractivity contribution in [2.45, 2.75) is 31.4 Å². The maximum absolute atomic E-state index is 6.25. The average molecular weight is 268 g/mol. The van der Waals surface area contributed by atoms with E-state index in [0.717, 1.165) is 18.7 Å². The summed E-state index contributed by atoms with van der Waals surface area (Å²) >= 11 is 6.25. The van der Waals surface area contributed by atoms with E-state index in [1.165, 1.54) is 18.4 Å². The predicted molar refractivity (Wildman–Crippen MR) is 71.4 cm³/mol. The van der Waals surface area contributed by atoms with E-state index in [1.54, 1.807) is 0 Å². The average Bonchev–Trinajstić information content (AvgIpc) is 2.78. The first-order valence-corrected chi connectivity index (χ1v) is 6.95. The lowest BCUT2D eigenvalue weighted by Crippen LogP contribution is -2.38. The molecule has 1 unspecified atom stereocenters. The lowest BCUT2D eigenvalue weighted by Gasteiger charge is -2.27. The number of hydrogen-bond acceptors (Lipinski definition) is 3. The number of halogens is 1. The van der Waals surface area contributed by atoms with Gasteiger partial charge in [-0.25, -0.2) is 0 Å². The standard InChI is InChI=1S/C14H18ClNO2/c15-13-7-10(6-11-2-1-5-16-11)3-4-14(13)18-12-8-17-9-12/h3-4,7,11-12,16H,1-2,5-6,8-9H2. The summed E-state index contributed by atoms with van der Waals surface area (Å²) in [6.45, 7) is 2.48.